The molecule has 8 heteroatoms. The highest BCUT2D eigenvalue weighted by atomic mass is 35.5. The predicted octanol–water partition coefficient (Wildman–Crippen LogP) is 3.32. The van der Waals surface area contributed by atoms with Gasteiger partial charge in [0.25, 0.3) is 0 Å². The molecule has 1 amide bonds. The van der Waals surface area contributed by atoms with E-state index in [2.05, 4.69) is 20.5 Å². The van der Waals surface area contributed by atoms with Gasteiger partial charge < -0.3 is 10.1 Å². The number of hydrogen-bond acceptors (Lipinski definition) is 5. The number of thioether (sulfide) groups is 1. The Morgan fingerprint density at radius 3 is 2.91 bits per heavy atom. The number of ether oxygens (including phenoxy) is 1. The minimum atomic E-state index is -0.179. The van der Waals surface area contributed by atoms with Crippen molar-refractivity contribution < 1.29 is 9.53 Å². The molecule has 1 aromatic heterocycles. The first kappa shape index (κ1) is 16.6. The van der Waals surface area contributed by atoms with Crippen LogP contribution in [0.3, 0.4) is 0 Å². The van der Waals surface area contributed by atoms with E-state index in [0.717, 1.165) is 5.82 Å². The van der Waals surface area contributed by atoms with Crippen LogP contribution in [0.25, 0.3) is 0 Å². The maximum atomic E-state index is 12.0. The third-order valence-corrected chi connectivity index (χ3v) is 3.88. The number of methoxy groups -OCH3 is 1. The van der Waals surface area contributed by atoms with Gasteiger partial charge in [0.15, 0.2) is 0 Å². The molecule has 118 valence electrons. The fourth-order valence-corrected chi connectivity index (χ4v) is 2.45. The zero-order valence-corrected chi connectivity index (χ0v) is 14.1. The maximum Gasteiger partial charge on any atom is 0.234 e. The summed E-state index contributed by atoms with van der Waals surface area (Å²) in [5, 5.41) is 10.8. The molecule has 0 aliphatic heterocycles. The van der Waals surface area contributed by atoms with Gasteiger partial charge in [-0.2, -0.15) is 0 Å². The van der Waals surface area contributed by atoms with E-state index in [1.807, 2.05) is 13.8 Å². The number of anilines is 1. The van der Waals surface area contributed by atoms with Gasteiger partial charge in [0.2, 0.25) is 11.1 Å². The monoisotopic (exact) mass is 340 g/mol. The quantitative estimate of drug-likeness (QED) is 0.788. The number of nitrogens with zero attached hydrogens (tertiary/aromatic N) is 2. The Labute approximate surface area is 138 Å². The largest absolute Gasteiger partial charge is 0.495 e. The molecule has 2 rings (SSSR count). The average Bonchev–Trinajstić information content (AvgIpc) is 2.94. The highest BCUT2D eigenvalue weighted by Gasteiger charge is 2.12. The molecule has 1 heterocycles. The summed E-state index contributed by atoms with van der Waals surface area (Å²) in [6, 6.07) is 5.05. The summed E-state index contributed by atoms with van der Waals surface area (Å²) in [5.74, 6) is 1.65. The summed E-state index contributed by atoms with van der Waals surface area (Å²) in [4.78, 5) is 16.3. The van der Waals surface area contributed by atoms with Gasteiger partial charge in [0.1, 0.15) is 11.6 Å². The third kappa shape index (κ3) is 4.38. The number of halogens is 1. The SMILES string of the molecule is COc1ccc(Cl)cc1NC(=O)CSc1n[nH]c(C(C)C)n1. The molecule has 0 aliphatic rings. The van der Waals surface area contributed by atoms with E-state index >= 15 is 0 Å². The molecule has 2 aromatic rings. The molecule has 0 aliphatic carbocycles. The van der Waals surface area contributed by atoms with Gasteiger partial charge in [-0.3, -0.25) is 9.89 Å². The van der Waals surface area contributed by atoms with E-state index in [9.17, 15) is 4.79 Å². The van der Waals surface area contributed by atoms with E-state index < -0.39 is 0 Å². The lowest BCUT2D eigenvalue weighted by atomic mass is 10.2. The molecule has 1 aromatic carbocycles. The van der Waals surface area contributed by atoms with Crippen LogP contribution in [-0.2, 0) is 4.79 Å². The standard InChI is InChI=1S/C14H17ClN4O2S/c1-8(2)13-17-14(19-18-13)22-7-12(20)16-10-6-9(15)4-5-11(10)21-3/h4-6,8H,7H2,1-3H3,(H,16,20)(H,17,18,19). The minimum absolute atomic E-state index is 0.179. The highest BCUT2D eigenvalue weighted by molar-refractivity contribution is 7.99. The zero-order valence-electron chi connectivity index (χ0n) is 12.5. The molecule has 0 saturated heterocycles. The van der Waals surface area contributed by atoms with Crippen molar-refractivity contribution in [3.63, 3.8) is 0 Å². The number of hydrogen-bond donors (Lipinski definition) is 2. The van der Waals surface area contributed by atoms with E-state index in [-0.39, 0.29) is 17.6 Å². The number of amides is 1. The molecular formula is C14H17ClN4O2S. The second-order valence-electron chi connectivity index (χ2n) is 4.84. The van der Waals surface area contributed by atoms with Crippen molar-refractivity contribution in [1.82, 2.24) is 15.2 Å². The average molecular weight is 341 g/mol. The lowest BCUT2D eigenvalue weighted by Gasteiger charge is -2.09. The van der Waals surface area contributed by atoms with Crippen LogP contribution in [0.15, 0.2) is 23.4 Å². The van der Waals surface area contributed by atoms with Crippen molar-refractivity contribution in [2.24, 2.45) is 0 Å². The minimum Gasteiger partial charge on any atom is -0.495 e. The smallest absolute Gasteiger partial charge is 0.234 e. The molecule has 0 fully saturated rings. The molecule has 6 nitrogen and oxygen atoms in total. The third-order valence-electron chi connectivity index (χ3n) is 2.80. The highest BCUT2D eigenvalue weighted by Crippen LogP contribution is 2.28. The Morgan fingerprint density at radius 1 is 1.50 bits per heavy atom. The van der Waals surface area contributed by atoms with E-state index in [1.165, 1.54) is 18.9 Å². The molecular weight excluding hydrogens is 324 g/mol. The van der Waals surface area contributed by atoms with Crippen molar-refractivity contribution in [1.29, 1.82) is 0 Å². The van der Waals surface area contributed by atoms with Gasteiger partial charge in [-0.15, -0.1) is 5.10 Å². The van der Waals surface area contributed by atoms with Crippen molar-refractivity contribution >= 4 is 35.0 Å². The Morgan fingerprint density at radius 2 is 2.27 bits per heavy atom. The van der Waals surface area contributed by atoms with Crippen LogP contribution in [-0.4, -0.2) is 34.0 Å². The van der Waals surface area contributed by atoms with Crippen LogP contribution in [0.4, 0.5) is 5.69 Å². The van der Waals surface area contributed by atoms with Crippen molar-refractivity contribution in [3.05, 3.63) is 29.0 Å². The molecule has 2 N–H and O–H groups in total. The first-order chi connectivity index (χ1) is 10.5. The first-order valence-electron chi connectivity index (χ1n) is 6.68. The van der Waals surface area contributed by atoms with Gasteiger partial charge in [0.05, 0.1) is 18.6 Å². The Balaban J connectivity index is 1.94. The number of H-pyrrole nitrogens is 1. The van der Waals surface area contributed by atoms with Gasteiger partial charge in [-0.05, 0) is 18.2 Å². The summed E-state index contributed by atoms with van der Waals surface area (Å²) in [6.45, 7) is 4.04. The summed E-state index contributed by atoms with van der Waals surface area (Å²) in [6.07, 6.45) is 0. The number of nitrogens with one attached hydrogen (secondary N) is 2. The Hall–Kier alpha value is -1.73. The molecule has 0 unspecified atom stereocenters. The topological polar surface area (TPSA) is 79.9 Å². The number of aromatic amines is 1. The zero-order chi connectivity index (χ0) is 16.1. The normalized spacial score (nSPS) is 10.8. The van der Waals surface area contributed by atoms with Gasteiger partial charge >= 0.3 is 0 Å². The summed E-state index contributed by atoms with van der Waals surface area (Å²) >= 11 is 7.19. The van der Waals surface area contributed by atoms with Crippen molar-refractivity contribution in [2.75, 3.05) is 18.2 Å². The van der Waals surface area contributed by atoms with Gasteiger partial charge in [-0.1, -0.05) is 37.2 Å². The van der Waals surface area contributed by atoms with Crippen LogP contribution in [0.1, 0.15) is 25.6 Å². The Kier molecular flexibility index (Phi) is 5.68. The second-order valence-corrected chi connectivity index (χ2v) is 6.22. The fourth-order valence-electron chi connectivity index (χ4n) is 1.68. The molecule has 0 radical (unpaired) electrons. The second kappa shape index (κ2) is 7.51. The van der Waals surface area contributed by atoms with E-state index in [4.69, 9.17) is 16.3 Å². The predicted molar refractivity (Wildman–Crippen MR) is 87.8 cm³/mol. The summed E-state index contributed by atoms with van der Waals surface area (Å²) in [5.41, 5.74) is 0.540. The van der Waals surface area contributed by atoms with Crippen LogP contribution >= 0.6 is 23.4 Å². The van der Waals surface area contributed by atoms with Crippen LogP contribution < -0.4 is 10.1 Å². The number of benzene rings is 1. The van der Waals surface area contributed by atoms with Crippen LogP contribution in [0.5, 0.6) is 5.75 Å². The van der Waals surface area contributed by atoms with Gasteiger partial charge in [0, 0.05) is 10.9 Å². The number of carbonyl (C=O) groups is 1. The number of carbonyl (C=O) groups excluding carboxylic acids is 1. The Bertz CT molecular complexity index is 660. The number of aromatic nitrogens is 3. The molecule has 0 saturated carbocycles. The fraction of sp³-hybridized carbons (Fsp3) is 0.357. The molecule has 0 bridgehead atoms. The van der Waals surface area contributed by atoms with E-state index in [0.29, 0.717) is 21.6 Å². The molecule has 22 heavy (non-hydrogen) atoms. The first-order valence-corrected chi connectivity index (χ1v) is 8.04. The van der Waals surface area contributed by atoms with Crippen molar-refractivity contribution in [2.45, 2.75) is 24.9 Å². The van der Waals surface area contributed by atoms with Gasteiger partial charge in [-0.25, -0.2) is 4.98 Å². The van der Waals surface area contributed by atoms with Crippen LogP contribution in [0.2, 0.25) is 5.02 Å². The molecule has 0 spiro atoms. The summed E-state index contributed by atoms with van der Waals surface area (Å²) < 4.78 is 5.18. The van der Waals surface area contributed by atoms with Crippen LogP contribution in [0, 0.1) is 0 Å². The molecule has 0 atom stereocenters. The van der Waals surface area contributed by atoms with Crippen molar-refractivity contribution in [3.8, 4) is 5.75 Å². The lowest BCUT2D eigenvalue weighted by molar-refractivity contribution is -0.113. The lowest BCUT2D eigenvalue weighted by Crippen LogP contribution is -2.14. The maximum absolute atomic E-state index is 12.0. The summed E-state index contributed by atoms with van der Waals surface area (Å²) in [7, 11) is 1.54. The van der Waals surface area contributed by atoms with E-state index in [1.54, 1.807) is 18.2 Å². The number of rotatable bonds is 6.